The first-order chi connectivity index (χ1) is 12.2. The van der Waals surface area contributed by atoms with E-state index < -0.39 is 23.4 Å². The van der Waals surface area contributed by atoms with E-state index in [1.807, 2.05) is 12.1 Å². The molecule has 0 spiro atoms. The van der Waals surface area contributed by atoms with E-state index in [2.05, 4.69) is 0 Å². The van der Waals surface area contributed by atoms with Gasteiger partial charge in [-0.3, -0.25) is 4.79 Å². The Morgan fingerprint density at radius 1 is 1.23 bits per heavy atom. The van der Waals surface area contributed by atoms with Crippen molar-refractivity contribution in [2.24, 2.45) is 0 Å². The van der Waals surface area contributed by atoms with Crippen molar-refractivity contribution in [1.82, 2.24) is 0 Å². The topological polar surface area (TPSA) is 46.6 Å². The zero-order chi connectivity index (χ0) is 19.1. The zero-order valence-electron chi connectivity index (χ0n) is 14.8. The highest BCUT2D eigenvalue weighted by atomic mass is 35.5. The lowest BCUT2D eigenvalue weighted by Crippen LogP contribution is -2.39. The molecular weight excluding hydrogens is 357 g/mol. The maximum atomic E-state index is 13.4. The second-order valence-corrected chi connectivity index (χ2v) is 7.63. The van der Waals surface area contributed by atoms with E-state index in [-0.39, 0.29) is 10.9 Å². The second-order valence-electron chi connectivity index (χ2n) is 7.22. The number of carbonyl (C=O) groups excluding carboxylic acids is 2. The molecule has 1 aliphatic rings. The molecular formula is C20H19ClFNO3. The van der Waals surface area contributed by atoms with E-state index >= 15 is 0 Å². The lowest BCUT2D eigenvalue weighted by molar-refractivity contribution is -0.119. The summed E-state index contributed by atoms with van der Waals surface area (Å²) in [5, 5.41) is 0.00484. The van der Waals surface area contributed by atoms with Crippen LogP contribution in [0, 0.1) is 5.82 Å². The summed E-state index contributed by atoms with van der Waals surface area (Å²) in [4.78, 5) is 26.6. The molecule has 4 nitrogen and oxygen atoms in total. The number of carbonyl (C=O) groups is 2. The Kier molecular flexibility index (Phi) is 4.76. The number of nitrogens with zero attached hydrogens (tertiary/aromatic N) is 1. The van der Waals surface area contributed by atoms with Crippen LogP contribution in [-0.2, 0) is 16.0 Å². The molecule has 1 aliphatic heterocycles. The first-order valence-corrected chi connectivity index (χ1v) is 8.65. The van der Waals surface area contributed by atoms with Crippen molar-refractivity contribution in [3.63, 3.8) is 0 Å². The predicted molar refractivity (Wildman–Crippen MR) is 98.0 cm³/mol. The smallest absolute Gasteiger partial charge is 0.421 e. The molecule has 1 unspecified atom stereocenters. The molecule has 26 heavy (non-hydrogen) atoms. The Balaban J connectivity index is 1.94. The minimum atomic E-state index is -0.713. The molecule has 0 saturated heterocycles. The number of fused-ring (bicyclic) bond motifs is 1. The maximum absolute atomic E-state index is 13.4. The number of rotatable bonds is 2. The van der Waals surface area contributed by atoms with Crippen molar-refractivity contribution in [3.8, 4) is 0 Å². The molecule has 1 heterocycles. The highest BCUT2D eigenvalue weighted by molar-refractivity contribution is 6.30. The Labute approximate surface area is 156 Å². The van der Waals surface area contributed by atoms with Crippen LogP contribution in [-0.4, -0.2) is 17.6 Å². The summed E-state index contributed by atoms with van der Waals surface area (Å²) in [7, 11) is 0. The largest absolute Gasteiger partial charge is 0.443 e. The van der Waals surface area contributed by atoms with Gasteiger partial charge in [-0.15, -0.1) is 0 Å². The van der Waals surface area contributed by atoms with Crippen molar-refractivity contribution in [1.29, 1.82) is 0 Å². The number of benzene rings is 2. The van der Waals surface area contributed by atoms with Crippen molar-refractivity contribution in [2.45, 2.75) is 38.7 Å². The fourth-order valence-corrected chi connectivity index (χ4v) is 3.19. The third kappa shape index (κ3) is 3.58. The van der Waals surface area contributed by atoms with Gasteiger partial charge in [-0.25, -0.2) is 14.1 Å². The van der Waals surface area contributed by atoms with Gasteiger partial charge >= 0.3 is 6.09 Å². The van der Waals surface area contributed by atoms with Gasteiger partial charge in [0.15, 0.2) is 0 Å². The van der Waals surface area contributed by atoms with Crippen LogP contribution in [0.4, 0.5) is 14.9 Å². The molecule has 0 aromatic heterocycles. The Hall–Kier alpha value is -2.40. The first-order valence-electron chi connectivity index (χ1n) is 8.27. The van der Waals surface area contributed by atoms with Gasteiger partial charge in [0.1, 0.15) is 11.4 Å². The van der Waals surface area contributed by atoms with Gasteiger partial charge in [0, 0.05) is 0 Å². The fraction of sp³-hybridized carbons (Fsp3) is 0.300. The number of anilines is 1. The molecule has 2 aromatic rings. The quantitative estimate of drug-likeness (QED) is 0.734. The number of amides is 2. The van der Waals surface area contributed by atoms with Gasteiger partial charge in [0.25, 0.3) is 0 Å². The molecule has 2 aromatic carbocycles. The van der Waals surface area contributed by atoms with E-state index in [1.54, 1.807) is 39.0 Å². The summed E-state index contributed by atoms with van der Waals surface area (Å²) in [6.07, 6.45) is -0.385. The molecule has 0 radical (unpaired) electrons. The van der Waals surface area contributed by atoms with Crippen LogP contribution < -0.4 is 4.90 Å². The van der Waals surface area contributed by atoms with Gasteiger partial charge in [-0.2, -0.15) is 0 Å². The first kappa shape index (κ1) is 18.4. The molecule has 136 valence electrons. The Bertz CT molecular complexity index is 876. The number of ether oxygens (including phenoxy) is 1. The third-order valence-electron chi connectivity index (χ3n) is 4.07. The van der Waals surface area contributed by atoms with Gasteiger partial charge in [0.2, 0.25) is 5.91 Å². The summed E-state index contributed by atoms with van der Waals surface area (Å²) in [6.45, 7) is 5.24. The molecule has 0 saturated carbocycles. The van der Waals surface area contributed by atoms with Crippen LogP contribution >= 0.6 is 11.6 Å². The van der Waals surface area contributed by atoms with Crippen LogP contribution in [0.15, 0.2) is 42.5 Å². The highest BCUT2D eigenvalue weighted by Crippen LogP contribution is 2.40. The summed E-state index contributed by atoms with van der Waals surface area (Å²) in [5.74, 6) is -1.43. The lowest BCUT2D eigenvalue weighted by Gasteiger charge is -2.24. The van der Waals surface area contributed by atoms with Crippen LogP contribution in [0.1, 0.15) is 37.8 Å². The van der Waals surface area contributed by atoms with Crippen molar-refractivity contribution < 1.29 is 18.7 Å². The molecule has 0 bridgehead atoms. The van der Waals surface area contributed by atoms with Gasteiger partial charge in [-0.05, 0) is 56.5 Å². The SMILES string of the molecule is CC(C)(C)OC(=O)N1C(=O)C(Cc2ccc(F)c(Cl)c2)c2ccccc21. The van der Waals surface area contributed by atoms with E-state index in [9.17, 15) is 14.0 Å². The van der Waals surface area contributed by atoms with Crippen LogP contribution in [0.25, 0.3) is 0 Å². The van der Waals surface area contributed by atoms with Crippen molar-refractivity contribution in [3.05, 3.63) is 64.4 Å². The highest BCUT2D eigenvalue weighted by Gasteiger charge is 2.42. The van der Waals surface area contributed by atoms with Crippen molar-refractivity contribution in [2.75, 3.05) is 4.90 Å². The Morgan fingerprint density at radius 3 is 2.58 bits per heavy atom. The number of imide groups is 1. The minimum Gasteiger partial charge on any atom is -0.443 e. The lowest BCUT2D eigenvalue weighted by atomic mass is 9.93. The maximum Gasteiger partial charge on any atom is 0.421 e. The normalized spacial score (nSPS) is 16.6. The van der Waals surface area contributed by atoms with E-state index in [4.69, 9.17) is 16.3 Å². The fourth-order valence-electron chi connectivity index (χ4n) is 2.99. The van der Waals surface area contributed by atoms with Gasteiger partial charge in [-0.1, -0.05) is 35.9 Å². The molecule has 6 heteroatoms. The molecule has 0 N–H and O–H groups in total. The average Bonchev–Trinajstić information content (AvgIpc) is 2.82. The molecule has 2 amide bonds. The number of halogens is 2. The zero-order valence-corrected chi connectivity index (χ0v) is 15.5. The molecule has 3 rings (SSSR count). The van der Waals surface area contributed by atoms with E-state index in [0.29, 0.717) is 12.1 Å². The second kappa shape index (κ2) is 6.72. The van der Waals surface area contributed by atoms with Gasteiger partial charge < -0.3 is 4.74 Å². The van der Waals surface area contributed by atoms with E-state index in [0.717, 1.165) is 16.0 Å². The van der Waals surface area contributed by atoms with Crippen LogP contribution in [0.3, 0.4) is 0 Å². The number of para-hydroxylation sites is 1. The van der Waals surface area contributed by atoms with Crippen LogP contribution in [0.5, 0.6) is 0 Å². The number of hydrogen-bond acceptors (Lipinski definition) is 3. The third-order valence-corrected chi connectivity index (χ3v) is 4.36. The molecule has 0 aliphatic carbocycles. The predicted octanol–water partition coefficient (Wildman–Crippen LogP) is 5.09. The van der Waals surface area contributed by atoms with Gasteiger partial charge in [0.05, 0.1) is 16.6 Å². The minimum absolute atomic E-state index is 0.00484. The standard InChI is InChI=1S/C20H19ClFNO3/c1-20(2,3)26-19(25)23-17-7-5-4-6-13(17)14(18(23)24)10-12-8-9-16(22)15(21)11-12/h4-9,11,14H,10H2,1-3H3. The monoisotopic (exact) mass is 375 g/mol. The average molecular weight is 376 g/mol. The summed E-state index contributed by atoms with van der Waals surface area (Å²) in [6, 6.07) is 11.5. The summed E-state index contributed by atoms with van der Waals surface area (Å²) >= 11 is 5.84. The van der Waals surface area contributed by atoms with Crippen LogP contribution in [0.2, 0.25) is 5.02 Å². The summed E-state index contributed by atoms with van der Waals surface area (Å²) in [5.41, 5.74) is 1.26. The molecule has 1 atom stereocenters. The van der Waals surface area contributed by atoms with Crippen molar-refractivity contribution >= 4 is 29.3 Å². The molecule has 0 fully saturated rings. The van der Waals surface area contributed by atoms with E-state index in [1.165, 1.54) is 12.1 Å². The Morgan fingerprint density at radius 2 is 1.92 bits per heavy atom. The number of hydrogen-bond donors (Lipinski definition) is 0. The summed E-state index contributed by atoms with van der Waals surface area (Å²) < 4.78 is 18.8.